The number of methoxy groups -OCH3 is 1. The minimum absolute atomic E-state index is 0.204. The molecule has 0 saturated heterocycles. The van der Waals surface area contributed by atoms with Gasteiger partial charge >= 0.3 is 0 Å². The molecule has 0 spiro atoms. The van der Waals surface area contributed by atoms with Gasteiger partial charge < -0.3 is 10.1 Å². The van der Waals surface area contributed by atoms with Crippen LogP contribution < -0.4 is 5.32 Å². The first-order valence-corrected chi connectivity index (χ1v) is 7.15. The molecule has 21 heavy (non-hydrogen) atoms. The summed E-state index contributed by atoms with van der Waals surface area (Å²) in [6.07, 6.45) is 0.760. The first-order chi connectivity index (χ1) is 10.1. The van der Waals surface area contributed by atoms with Gasteiger partial charge in [-0.2, -0.15) is 5.10 Å². The van der Waals surface area contributed by atoms with Crippen molar-refractivity contribution in [3.8, 4) is 11.3 Å². The van der Waals surface area contributed by atoms with Gasteiger partial charge in [0.25, 0.3) is 5.91 Å². The summed E-state index contributed by atoms with van der Waals surface area (Å²) < 4.78 is 4.92. The second-order valence-corrected chi connectivity index (χ2v) is 5.21. The molecule has 0 aliphatic heterocycles. The zero-order valence-corrected chi connectivity index (χ0v) is 13.0. The van der Waals surface area contributed by atoms with Gasteiger partial charge in [0.05, 0.1) is 15.7 Å². The number of H-pyrrole nitrogens is 1. The normalized spacial score (nSPS) is 10.6. The van der Waals surface area contributed by atoms with Crippen LogP contribution in [0.1, 0.15) is 16.9 Å². The van der Waals surface area contributed by atoms with Crippen LogP contribution in [-0.4, -0.2) is 36.4 Å². The van der Waals surface area contributed by atoms with E-state index in [4.69, 9.17) is 27.9 Å². The van der Waals surface area contributed by atoms with Crippen molar-refractivity contribution in [1.29, 1.82) is 0 Å². The molecule has 2 aromatic rings. The van der Waals surface area contributed by atoms with E-state index in [1.165, 1.54) is 0 Å². The highest BCUT2D eigenvalue weighted by Gasteiger charge is 2.11. The molecule has 1 amide bonds. The van der Waals surface area contributed by atoms with Crippen molar-refractivity contribution < 1.29 is 9.53 Å². The Hall–Kier alpha value is -1.56. The number of halogens is 2. The third-order valence-corrected chi connectivity index (χ3v) is 3.59. The Morgan fingerprint density at radius 2 is 2.14 bits per heavy atom. The van der Waals surface area contributed by atoms with E-state index in [9.17, 15) is 4.79 Å². The topological polar surface area (TPSA) is 67.0 Å². The summed E-state index contributed by atoms with van der Waals surface area (Å²) in [5.41, 5.74) is 1.82. The largest absolute Gasteiger partial charge is 0.385 e. The molecule has 112 valence electrons. The maximum atomic E-state index is 11.9. The third-order valence-electron chi connectivity index (χ3n) is 2.85. The number of hydrogen-bond acceptors (Lipinski definition) is 3. The van der Waals surface area contributed by atoms with Crippen LogP contribution in [0.25, 0.3) is 11.3 Å². The molecule has 0 radical (unpaired) electrons. The van der Waals surface area contributed by atoms with Crippen molar-refractivity contribution in [2.24, 2.45) is 0 Å². The lowest BCUT2D eigenvalue weighted by Gasteiger charge is -2.02. The maximum absolute atomic E-state index is 11.9. The predicted octanol–water partition coefficient (Wildman–Crippen LogP) is 3.15. The van der Waals surface area contributed by atoms with Crippen LogP contribution in [-0.2, 0) is 4.74 Å². The van der Waals surface area contributed by atoms with Crippen LogP contribution in [0.15, 0.2) is 24.3 Å². The molecule has 5 nitrogen and oxygen atoms in total. The SMILES string of the molecule is COCCCNC(=O)c1cc(-c2ccc(Cl)c(Cl)c2)n[nH]1. The summed E-state index contributed by atoms with van der Waals surface area (Å²) in [7, 11) is 1.63. The first kappa shape index (κ1) is 15.8. The highest BCUT2D eigenvalue weighted by molar-refractivity contribution is 6.42. The van der Waals surface area contributed by atoms with Gasteiger partial charge in [-0.15, -0.1) is 0 Å². The van der Waals surface area contributed by atoms with Crippen molar-refractivity contribution in [2.45, 2.75) is 6.42 Å². The summed E-state index contributed by atoms with van der Waals surface area (Å²) in [6, 6.07) is 6.87. The van der Waals surface area contributed by atoms with Gasteiger partial charge in [0.1, 0.15) is 5.69 Å². The fourth-order valence-electron chi connectivity index (χ4n) is 1.76. The van der Waals surface area contributed by atoms with Crippen LogP contribution in [0.3, 0.4) is 0 Å². The van der Waals surface area contributed by atoms with Crippen molar-refractivity contribution in [1.82, 2.24) is 15.5 Å². The number of nitrogens with zero attached hydrogens (tertiary/aromatic N) is 1. The Morgan fingerprint density at radius 3 is 2.86 bits per heavy atom. The zero-order chi connectivity index (χ0) is 15.2. The predicted molar refractivity (Wildman–Crippen MR) is 82.9 cm³/mol. The molecule has 0 bridgehead atoms. The summed E-state index contributed by atoms with van der Waals surface area (Å²) in [5, 5.41) is 10.5. The molecule has 1 aromatic carbocycles. The lowest BCUT2D eigenvalue weighted by atomic mass is 10.1. The molecule has 0 fully saturated rings. The van der Waals surface area contributed by atoms with Crippen LogP contribution >= 0.6 is 23.2 Å². The van der Waals surface area contributed by atoms with E-state index in [0.29, 0.717) is 34.6 Å². The Labute approximate surface area is 132 Å². The minimum atomic E-state index is -0.204. The molecule has 0 saturated carbocycles. The van der Waals surface area contributed by atoms with Crippen molar-refractivity contribution in [3.05, 3.63) is 40.0 Å². The van der Waals surface area contributed by atoms with E-state index in [2.05, 4.69) is 15.5 Å². The smallest absolute Gasteiger partial charge is 0.269 e. The van der Waals surface area contributed by atoms with E-state index < -0.39 is 0 Å². The van der Waals surface area contributed by atoms with Crippen LogP contribution in [0.2, 0.25) is 10.0 Å². The van der Waals surface area contributed by atoms with Gasteiger partial charge in [-0.1, -0.05) is 29.3 Å². The number of carbonyl (C=O) groups excluding carboxylic acids is 1. The molecular weight excluding hydrogens is 313 g/mol. The van der Waals surface area contributed by atoms with Gasteiger partial charge in [0.15, 0.2) is 0 Å². The molecular formula is C14H15Cl2N3O2. The Kier molecular flexibility index (Phi) is 5.61. The maximum Gasteiger partial charge on any atom is 0.269 e. The monoisotopic (exact) mass is 327 g/mol. The fraction of sp³-hybridized carbons (Fsp3) is 0.286. The minimum Gasteiger partial charge on any atom is -0.385 e. The molecule has 0 aliphatic rings. The van der Waals surface area contributed by atoms with E-state index in [1.54, 1.807) is 31.4 Å². The number of carbonyl (C=O) groups is 1. The van der Waals surface area contributed by atoms with E-state index in [-0.39, 0.29) is 5.91 Å². The van der Waals surface area contributed by atoms with Crippen LogP contribution in [0, 0.1) is 0 Å². The average molecular weight is 328 g/mol. The Balaban J connectivity index is 2.03. The standard InChI is InChI=1S/C14H15Cl2N3O2/c1-21-6-2-5-17-14(20)13-8-12(18-19-13)9-3-4-10(15)11(16)7-9/h3-4,7-8H,2,5-6H2,1H3,(H,17,20)(H,18,19). The highest BCUT2D eigenvalue weighted by Crippen LogP contribution is 2.27. The Morgan fingerprint density at radius 1 is 1.33 bits per heavy atom. The molecule has 1 heterocycles. The number of benzene rings is 1. The first-order valence-electron chi connectivity index (χ1n) is 6.40. The van der Waals surface area contributed by atoms with Gasteiger partial charge in [-0.3, -0.25) is 9.89 Å². The summed E-state index contributed by atoms with van der Waals surface area (Å²) in [4.78, 5) is 11.9. The second-order valence-electron chi connectivity index (χ2n) is 4.40. The number of nitrogens with one attached hydrogen (secondary N) is 2. The van der Waals surface area contributed by atoms with Crippen LogP contribution in [0.5, 0.6) is 0 Å². The second kappa shape index (κ2) is 7.45. The van der Waals surface area contributed by atoms with Crippen LogP contribution in [0.4, 0.5) is 0 Å². The summed E-state index contributed by atoms with van der Waals surface area (Å²) in [6.45, 7) is 1.16. The quantitative estimate of drug-likeness (QED) is 0.801. The van der Waals surface area contributed by atoms with E-state index in [1.807, 2.05) is 0 Å². The average Bonchev–Trinajstić information content (AvgIpc) is 2.96. The zero-order valence-electron chi connectivity index (χ0n) is 11.5. The molecule has 2 rings (SSSR count). The summed E-state index contributed by atoms with van der Waals surface area (Å²) >= 11 is 11.8. The molecule has 1 aromatic heterocycles. The van der Waals surface area contributed by atoms with E-state index in [0.717, 1.165) is 12.0 Å². The van der Waals surface area contributed by atoms with Crippen molar-refractivity contribution in [3.63, 3.8) is 0 Å². The lowest BCUT2D eigenvalue weighted by molar-refractivity contribution is 0.0943. The van der Waals surface area contributed by atoms with Gasteiger partial charge in [0.2, 0.25) is 0 Å². The van der Waals surface area contributed by atoms with Gasteiger partial charge in [-0.25, -0.2) is 0 Å². The number of aromatic amines is 1. The number of ether oxygens (including phenoxy) is 1. The number of rotatable bonds is 6. The molecule has 7 heteroatoms. The van der Waals surface area contributed by atoms with Crippen molar-refractivity contribution >= 4 is 29.1 Å². The number of amides is 1. The van der Waals surface area contributed by atoms with Gasteiger partial charge in [-0.05, 0) is 24.6 Å². The molecule has 0 unspecified atom stereocenters. The lowest BCUT2D eigenvalue weighted by Crippen LogP contribution is -2.25. The number of hydrogen-bond donors (Lipinski definition) is 2. The highest BCUT2D eigenvalue weighted by atomic mass is 35.5. The van der Waals surface area contributed by atoms with E-state index >= 15 is 0 Å². The summed E-state index contributed by atoms with van der Waals surface area (Å²) in [5.74, 6) is -0.204. The van der Waals surface area contributed by atoms with Gasteiger partial charge in [0, 0.05) is 25.8 Å². The molecule has 0 atom stereocenters. The van der Waals surface area contributed by atoms with Crippen molar-refractivity contribution in [2.75, 3.05) is 20.3 Å². The fourth-order valence-corrected chi connectivity index (χ4v) is 2.05. The number of aromatic nitrogens is 2. The molecule has 0 aliphatic carbocycles. The molecule has 2 N–H and O–H groups in total. The third kappa shape index (κ3) is 4.20. The Bertz CT molecular complexity index is 628.